The highest BCUT2D eigenvalue weighted by Gasteiger charge is 2.15. The average Bonchev–Trinajstić information content (AvgIpc) is 2.46. The predicted molar refractivity (Wildman–Crippen MR) is 76.5 cm³/mol. The van der Waals surface area contributed by atoms with Gasteiger partial charge in [0, 0.05) is 11.5 Å². The number of rotatable bonds is 7. The highest BCUT2D eigenvalue weighted by Crippen LogP contribution is 2.23. The molecule has 0 bridgehead atoms. The second-order valence-corrected chi connectivity index (χ2v) is 5.33. The Morgan fingerprint density at radius 2 is 2.11 bits per heavy atom. The predicted octanol–water partition coefficient (Wildman–Crippen LogP) is 2.27. The fourth-order valence-corrected chi connectivity index (χ4v) is 2.61. The van der Waals surface area contributed by atoms with Crippen molar-refractivity contribution >= 4 is 17.7 Å². The van der Waals surface area contributed by atoms with Gasteiger partial charge in [0.15, 0.2) is 0 Å². The molecule has 1 aromatic carbocycles. The van der Waals surface area contributed by atoms with Gasteiger partial charge in [-0.2, -0.15) is 11.8 Å². The van der Waals surface area contributed by atoms with Gasteiger partial charge in [-0.05, 0) is 17.7 Å². The van der Waals surface area contributed by atoms with Crippen molar-refractivity contribution in [2.75, 3.05) is 25.7 Å². The Hall–Kier alpha value is -1.20. The Morgan fingerprint density at radius 1 is 1.37 bits per heavy atom. The molecule has 19 heavy (non-hydrogen) atoms. The Kier molecular flexibility index (Phi) is 6.73. The number of ether oxygens (including phenoxy) is 2. The summed E-state index contributed by atoms with van der Waals surface area (Å²) in [6, 6.07) is 7.36. The third-order valence-electron chi connectivity index (χ3n) is 2.73. The summed E-state index contributed by atoms with van der Waals surface area (Å²) < 4.78 is 9.77. The molecule has 2 atom stereocenters. The van der Waals surface area contributed by atoms with Crippen molar-refractivity contribution in [1.82, 2.24) is 0 Å². The fraction of sp³-hybridized carbons (Fsp3) is 0.500. The van der Waals surface area contributed by atoms with E-state index in [1.807, 2.05) is 31.2 Å². The zero-order valence-electron chi connectivity index (χ0n) is 11.5. The number of aliphatic hydroxyl groups is 1. The van der Waals surface area contributed by atoms with Crippen LogP contribution in [0.4, 0.5) is 0 Å². The van der Waals surface area contributed by atoms with Crippen molar-refractivity contribution in [2.24, 2.45) is 5.92 Å². The number of carbonyl (C=O) groups is 1. The van der Waals surface area contributed by atoms with E-state index in [9.17, 15) is 9.90 Å². The molecule has 2 unspecified atom stereocenters. The van der Waals surface area contributed by atoms with Crippen molar-refractivity contribution in [3.63, 3.8) is 0 Å². The molecule has 0 fully saturated rings. The smallest absolute Gasteiger partial charge is 0.309 e. The van der Waals surface area contributed by atoms with E-state index in [-0.39, 0.29) is 11.9 Å². The van der Waals surface area contributed by atoms with Crippen molar-refractivity contribution in [2.45, 2.75) is 13.0 Å². The van der Waals surface area contributed by atoms with E-state index < -0.39 is 6.10 Å². The van der Waals surface area contributed by atoms with Gasteiger partial charge in [0.2, 0.25) is 0 Å². The van der Waals surface area contributed by atoms with Crippen molar-refractivity contribution in [3.8, 4) is 5.75 Å². The first-order valence-electron chi connectivity index (χ1n) is 6.06. The second-order valence-electron chi connectivity index (χ2n) is 4.25. The van der Waals surface area contributed by atoms with Crippen LogP contribution < -0.4 is 4.74 Å². The minimum absolute atomic E-state index is 0.160. The molecular weight excluding hydrogens is 264 g/mol. The number of hydrogen-bond acceptors (Lipinski definition) is 5. The number of carbonyl (C=O) groups excluding carboxylic acids is 1. The van der Waals surface area contributed by atoms with Gasteiger partial charge in [-0.3, -0.25) is 4.79 Å². The molecule has 1 N–H and O–H groups in total. The number of methoxy groups -OCH3 is 2. The van der Waals surface area contributed by atoms with E-state index >= 15 is 0 Å². The van der Waals surface area contributed by atoms with E-state index in [0.717, 1.165) is 11.3 Å². The van der Waals surface area contributed by atoms with E-state index in [1.165, 1.54) is 18.9 Å². The van der Waals surface area contributed by atoms with Crippen molar-refractivity contribution in [3.05, 3.63) is 29.8 Å². The minimum atomic E-state index is -0.565. The van der Waals surface area contributed by atoms with E-state index in [2.05, 4.69) is 4.74 Å². The minimum Gasteiger partial charge on any atom is -0.497 e. The lowest BCUT2D eigenvalue weighted by molar-refractivity contribution is -0.144. The molecule has 0 aliphatic carbocycles. The van der Waals surface area contributed by atoms with Crippen LogP contribution in [0.25, 0.3) is 0 Å². The summed E-state index contributed by atoms with van der Waals surface area (Å²) in [4.78, 5) is 11.2. The third-order valence-corrected chi connectivity index (χ3v) is 4.01. The fourth-order valence-electron chi connectivity index (χ4n) is 1.57. The molecule has 0 radical (unpaired) electrons. The van der Waals surface area contributed by atoms with Gasteiger partial charge >= 0.3 is 5.97 Å². The van der Waals surface area contributed by atoms with Gasteiger partial charge in [0.1, 0.15) is 5.75 Å². The SMILES string of the molecule is COC(=O)C(C)CSCC(O)c1cccc(OC)c1. The summed E-state index contributed by atoms with van der Waals surface area (Å²) in [6.45, 7) is 1.82. The van der Waals surface area contributed by atoms with Crippen LogP contribution >= 0.6 is 11.8 Å². The number of hydrogen-bond donors (Lipinski definition) is 1. The molecule has 0 amide bonds. The zero-order valence-corrected chi connectivity index (χ0v) is 12.3. The number of aliphatic hydroxyl groups excluding tert-OH is 1. The molecule has 106 valence electrons. The molecule has 0 aliphatic rings. The quantitative estimate of drug-likeness (QED) is 0.778. The largest absolute Gasteiger partial charge is 0.497 e. The summed E-state index contributed by atoms with van der Waals surface area (Å²) in [5.74, 6) is 1.52. The molecule has 1 aromatic rings. The van der Waals surface area contributed by atoms with E-state index in [0.29, 0.717) is 11.5 Å². The first-order chi connectivity index (χ1) is 9.08. The van der Waals surface area contributed by atoms with Crippen LogP contribution in [0.15, 0.2) is 24.3 Å². The van der Waals surface area contributed by atoms with Crippen LogP contribution in [-0.4, -0.2) is 36.8 Å². The zero-order chi connectivity index (χ0) is 14.3. The van der Waals surface area contributed by atoms with Crippen LogP contribution in [0.5, 0.6) is 5.75 Å². The summed E-state index contributed by atoms with van der Waals surface area (Å²) >= 11 is 1.53. The Morgan fingerprint density at radius 3 is 2.74 bits per heavy atom. The van der Waals surface area contributed by atoms with Crippen LogP contribution in [0, 0.1) is 5.92 Å². The highest BCUT2D eigenvalue weighted by molar-refractivity contribution is 7.99. The Bertz CT molecular complexity index is 408. The number of benzene rings is 1. The summed E-state index contributed by atoms with van der Waals surface area (Å²) in [6.07, 6.45) is -0.565. The Balaban J connectivity index is 2.42. The molecule has 0 aromatic heterocycles. The van der Waals surface area contributed by atoms with Gasteiger partial charge in [0.05, 0.1) is 26.2 Å². The molecule has 4 nitrogen and oxygen atoms in total. The summed E-state index contributed by atoms with van der Waals surface area (Å²) in [5, 5.41) is 10.1. The molecule has 1 rings (SSSR count). The van der Waals surface area contributed by atoms with Gasteiger partial charge in [0.25, 0.3) is 0 Å². The number of thioether (sulfide) groups is 1. The molecule has 0 saturated carbocycles. The molecule has 5 heteroatoms. The lowest BCUT2D eigenvalue weighted by Gasteiger charge is -2.13. The first-order valence-corrected chi connectivity index (χ1v) is 7.21. The topological polar surface area (TPSA) is 55.8 Å². The molecular formula is C14H20O4S. The molecule has 0 aliphatic heterocycles. The summed E-state index contributed by atoms with van der Waals surface area (Å²) in [7, 11) is 2.98. The van der Waals surface area contributed by atoms with Crippen LogP contribution in [-0.2, 0) is 9.53 Å². The normalized spacial score (nSPS) is 13.7. The lowest BCUT2D eigenvalue weighted by atomic mass is 10.1. The van der Waals surface area contributed by atoms with Gasteiger partial charge in [-0.15, -0.1) is 0 Å². The number of esters is 1. The Labute approximate surface area is 118 Å². The van der Waals surface area contributed by atoms with Gasteiger partial charge < -0.3 is 14.6 Å². The lowest BCUT2D eigenvalue weighted by Crippen LogP contribution is -2.15. The van der Waals surface area contributed by atoms with Gasteiger partial charge in [-0.25, -0.2) is 0 Å². The molecule has 0 heterocycles. The average molecular weight is 284 g/mol. The van der Waals surface area contributed by atoms with Crippen LogP contribution in [0.3, 0.4) is 0 Å². The van der Waals surface area contributed by atoms with Crippen molar-refractivity contribution in [1.29, 1.82) is 0 Å². The molecule has 0 saturated heterocycles. The van der Waals surface area contributed by atoms with Crippen LogP contribution in [0.2, 0.25) is 0 Å². The van der Waals surface area contributed by atoms with E-state index in [1.54, 1.807) is 7.11 Å². The maximum absolute atomic E-state index is 11.2. The second kappa shape index (κ2) is 8.07. The van der Waals surface area contributed by atoms with Gasteiger partial charge in [-0.1, -0.05) is 19.1 Å². The maximum Gasteiger partial charge on any atom is 0.309 e. The third kappa shape index (κ3) is 5.12. The van der Waals surface area contributed by atoms with Crippen LogP contribution in [0.1, 0.15) is 18.6 Å². The highest BCUT2D eigenvalue weighted by atomic mass is 32.2. The monoisotopic (exact) mass is 284 g/mol. The summed E-state index contributed by atoms with van der Waals surface area (Å²) in [5.41, 5.74) is 0.817. The van der Waals surface area contributed by atoms with E-state index in [4.69, 9.17) is 4.74 Å². The molecule has 0 spiro atoms. The van der Waals surface area contributed by atoms with Crippen molar-refractivity contribution < 1.29 is 19.4 Å². The maximum atomic E-state index is 11.2. The standard InChI is InChI=1S/C14H20O4S/c1-10(14(16)18-3)8-19-9-13(15)11-5-4-6-12(7-11)17-2/h4-7,10,13,15H,8-9H2,1-3H3. The first kappa shape index (κ1) is 15.9.